The predicted molar refractivity (Wildman–Crippen MR) is 69.5 cm³/mol. The zero-order valence-electron chi connectivity index (χ0n) is 10.6. The van der Waals surface area contributed by atoms with Crippen molar-refractivity contribution >= 4 is 29.2 Å². The Kier molecular flexibility index (Phi) is 5.85. The Hall–Kier alpha value is -2.22. The Morgan fingerprint density at radius 1 is 1.55 bits per heavy atom. The van der Waals surface area contributed by atoms with Gasteiger partial charge < -0.3 is 10.1 Å². The molecule has 1 amide bonds. The number of nitrogens with zero attached hydrogens (tertiary/aromatic N) is 2. The third kappa shape index (κ3) is 4.47. The molecule has 0 aliphatic heterocycles. The molecule has 9 heteroatoms. The van der Waals surface area contributed by atoms with E-state index in [0.29, 0.717) is 0 Å². The third-order valence-corrected chi connectivity index (χ3v) is 2.50. The number of amides is 1. The second-order valence-corrected chi connectivity index (χ2v) is 3.96. The third-order valence-electron chi connectivity index (χ3n) is 2.20. The van der Waals surface area contributed by atoms with E-state index in [1.54, 1.807) is 6.92 Å². The molecule has 1 aromatic heterocycles. The van der Waals surface area contributed by atoms with Crippen LogP contribution in [0.4, 0.5) is 5.69 Å². The van der Waals surface area contributed by atoms with Gasteiger partial charge in [0, 0.05) is 12.6 Å². The van der Waals surface area contributed by atoms with Crippen LogP contribution in [0, 0.1) is 10.1 Å². The Morgan fingerprint density at radius 3 is 2.85 bits per heavy atom. The second kappa shape index (κ2) is 7.39. The molecular formula is C11H12ClN3O5. The van der Waals surface area contributed by atoms with Gasteiger partial charge in [0.05, 0.1) is 23.5 Å². The van der Waals surface area contributed by atoms with E-state index >= 15 is 0 Å². The van der Waals surface area contributed by atoms with Crippen molar-refractivity contribution in [3.8, 4) is 0 Å². The minimum Gasteiger partial charge on any atom is -0.466 e. The van der Waals surface area contributed by atoms with E-state index in [9.17, 15) is 19.7 Å². The molecule has 0 aliphatic carbocycles. The van der Waals surface area contributed by atoms with Crippen molar-refractivity contribution in [1.82, 2.24) is 10.3 Å². The molecule has 0 unspecified atom stereocenters. The fourth-order valence-corrected chi connectivity index (χ4v) is 1.49. The van der Waals surface area contributed by atoms with Gasteiger partial charge in [0.1, 0.15) is 11.3 Å². The normalized spacial score (nSPS) is 9.90. The first-order valence-corrected chi connectivity index (χ1v) is 6.07. The number of hydrogen-bond acceptors (Lipinski definition) is 6. The first kappa shape index (κ1) is 15.8. The van der Waals surface area contributed by atoms with Gasteiger partial charge in [0.15, 0.2) is 0 Å². The number of carbonyl (C=O) groups is 2. The van der Waals surface area contributed by atoms with Crippen LogP contribution in [0.25, 0.3) is 0 Å². The average Bonchev–Trinajstić information content (AvgIpc) is 2.39. The van der Waals surface area contributed by atoms with Gasteiger partial charge in [0.25, 0.3) is 11.6 Å². The Labute approximate surface area is 119 Å². The molecule has 8 nitrogen and oxygen atoms in total. The lowest BCUT2D eigenvalue weighted by Crippen LogP contribution is -2.27. The molecule has 1 N–H and O–H groups in total. The van der Waals surface area contributed by atoms with Gasteiger partial charge in [-0.15, -0.1) is 0 Å². The molecule has 108 valence electrons. The van der Waals surface area contributed by atoms with Gasteiger partial charge in [0.2, 0.25) is 0 Å². The minimum absolute atomic E-state index is 0.000442. The fraction of sp³-hybridized carbons (Fsp3) is 0.364. The van der Waals surface area contributed by atoms with Crippen LogP contribution in [0.1, 0.15) is 23.7 Å². The monoisotopic (exact) mass is 301 g/mol. The van der Waals surface area contributed by atoms with Crippen LogP contribution in [-0.2, 0) is 9.53 Å². The molecule has 0 atom stereocenters. The van der Waals surface area contributed by atoms with Crippen molar-refractivity contribution in [2.75, 3.05) is 13.2 Å². The smallest absolute Gasteiger partial charge is 0.307 e. The van der Waals surface area contributed by atoms with Gasteiger partial charge in [-0.25, -0.2) is 4.98 Å². The van der Waals surface area contributed by atoms with Crippen molar-refractivity contribution in [1.29, 1.82) is 0 Å². The second-order valence-electron chi connectivity index (χ2n) is 3.60. The molecule has 0 radical (unpaired) electrons. The van der Waals surface area contributed by atoms with Crippen LogP contribution in [0.5, 0.6) is 0 Å². The Balaban J connectivity index is 2.65. The number of hydrogen-bond donors (Lipinski definition) is 1. The van der Waals surface area contributed by atoms with Gasteiger partial charge in [-0.3, -0.25) is 19.7 Å². The summed E-state index contributed by atoms with van der Waals surface area (Å²) in [7, 11) is 0. The van der Waals surface area contributed by atoms with Crippen molar-refractivity contribution in [3.63, 3.8) is 0 Å². The molecule has 0 aliphatic rings. The predicted octanol–water partition coefficient (Wildman–Crippen LogP) is 1.33. The highest BCUT2D eigenvalue weighted by Crippen LogP contribution is 2.18. The summed E-state index contributed by atoms with van der Waals surface area (Å²) in [5, 5.41) is 12.9. The van der Waals surface area contributed by atoms with E-state index in [-0.39, 0.29) is 36.0 Å². The number of rotatable bonds is 6. The van der Waals surface area contributed by atoms with E-state index in [0.717, 1.165) is 12.3 Å². The maximum atomic E-state index is 11.8. The summed E-state index contributed by atoms with van der Waals surface area (Å²) in [6.07, 6.45) is 0.956. The lowest BCUT2D eigenvalue weighted by Gasteiger charge is -2.06. The molecule has 0 bridgehead atoms. The summed E-state index contributed by atoms with van der Waals surface area (Å²) in [5.41, 5.74) is -0.463. The molecule has 1 rings (SSSR count). The molecule has 20 heavy (non-hydrogen) atoms. The molecule has 1 heterocycles. The zero-order chi connectivity index (χ0) is 15.1. The van der Waals surface area contributed by atoms with Gasteiger partial charge >= 0.3 is 5.97 Å². The number of nitro groups is 1. The highest BCUT2D eigenvalue weighted by atomic mass is 35.5. The molecule has 1 aromatic rings. The van der Waals surface area contributed by atoms with Crippen molar-refractivity contribution in [2.24, 2.45) is 0 Å². The Morgan fingerprint density at radius 2 is 2.25 bits per heavy atom. The summed E-state index contributed by atoms with van der Waals surface area (Å²) in [4.78, 5) is 36.3. The molecule has 0 saturated carbocycles. The number of ether oxygens (including phenoxy) is 1. The van der Waals surface area contributed by atoms with Crippen LogP contribution in [0.15, 0.2) is 12.3 Å². The van der Waals surface area contributed by atoms with Crippen molar-refractivity contribution < 1.29 is 19.2 Å². The average molecular weight is 302 g/mol. The van der Waals surface area contributed by atoms with E-state index in [1.807, 2.05) is 0 Å². The maximum Gasteiger partial charge on any atom is 0.307 e. The highest BCUT2D eigenvalue weighted by molar-refractivity contribution is 6.32. The standard InChI is InChI=1S/C11H12ClN3O5/c1-2-20-9(16)3-4-13-11(17)8-5-7(15(18)19)6-14-10(8)12/h5-6H,2-4H2,1H3,(H,13,17). The van der Waals surface area contributed by atoms with Crippen LogP contribution in [-0.4, -0.2) is 34.9 Å². The SMILES string of the molecule is CCOC(=O)CCNC(=O)c1cc([N+](=O)[O-])cnc1Cl. The summed E-state index contributed by atoms with van der Waals surface area (Å²) in [6.45, 7) is 1.97. The van der Waals surface area contributed by atoms with E-state index in [4.69, 9.17) is 11.6 Å². The van der Waals surface area contributed by atoms with Crippen LogP contribution >= 0.6 is 11.6 Å². The van der Waals surface area contributed by atoms with E-state index in [2.05, 4.69) is 15.0 Å². The van der Waals surface area contributed by atoms with E-state index < -0.39 is 16.8 Å². The summed E-state index contributed by atoms with van der Waals surface area (Å²) < 4.78 is 4.69. The zero-order valence-corrected chi connectivity index (χ0v) is 11.3. The maximum absolute atomic E-state index is 11.8. The summed E-state index contributed by atoms with van der Waals surface area (Å²) >= 11 is 5.70. The number of pyridine rings is 1. The lowest BCUT2D eigenvalue weighted by atomic mass is 10.2. The van der Waals surface area contributed by atoms with Crippen molar-refractivity contribution in [2.45, 2.75) is 13.3 Å². The topological polar surface area (TPSA) is 111 Å². The van der Waals surface area contributed by atoms with Crippen LogP contribution in [0.2, 0.25) is 5.15 Å². The largest absolute Gasteiger partial charge is 0.466 e. The number of nitrogens with one attached hydrogen (secondary N) is 1. The van der Waals surface area contributed by atoms with Crippen molar-refractivity contribution in [3.05, 3.63) is 33.1 Å². The first-order valence-electron chi connectivity index (χ1n) is 5.69. The number of halogens is 1. The van der Waals surface area contributed by atoms with Gasteiger partial charge in [-0.2, -0.15) is 0 Å². The number of esters is 1. The number of aromatic nitrogens is 1. The van der Waals surface area contributed by atoms with Gasteiger partial charge in [-0.1, -0.05) is 11.6 Å². The fourth-order valence-electron chi connectivity index (χ4n) is 1.30. The minimum atomic E-state index is -0.682. The highest BCUT2D eigenvalue weighted by Gasteiger charge is 2.17. The molecular weight excluding hydrogens is 290 g/mol. The quantitative estimate of drug-likeness (QED) is 0.367. The van der Waals surface area contributed by atoms with E-state index in [1.165, 1.54) is 0 Å². The van der Waals surface area contributed by atoms with Crippen LogP contribution < -0.4 is 5.32 Å². The first-order chi connectivity index (χ1) is 9.45. The lowest BCUT2D eigenvalue weighted by molar-refractivity contribution is -0.385. The molecule has 0 fully saturated rings. The molecule has 0 aromatic carbocycles. The number of carbonyl (C=O) groups excluding carboxylic acids is 2. The molecule has 0 spiro atoms. The summed E-state index contributed by atoms with van der Waals surface area (Å²) in [6, 6.07) is 1.02. The molecule has 0 saturated heterocycles. The van der Waals surface area contributed by atoms with Crippen LogP contribution in [0.3, 0.4) is 0 Å². The summed E-state index contributed by atoms with van der Waals surface area (Å²) in [5.74, 6) is -1.09. The Bertz CT molecular complexity index is 535. The van der Waals surface area contributed by atoms with Gasteiger partial charge in [-0.05, 0) is 6.92 Å².